The van der Waals surface area contributed by atoms with Gasteiger partial charge in [0.25, 0.3) is 0 Å². The van der Waals surface area contributed by atoms with Gasteiger partial charge in [-0.2, -0.15) is 0 Å². The number of carboxylic acids is 1. The van der Waals surface area contributed by atoms with E-state index in [1.165, 1.54) is 11.1 Å². The van der Waals surface area contributed by atoms with Crippen molar-refractivity contribution >= 4 is 5.97 Å². The summed E-state index contributed by atoms with van der Waals surface area (Å²) in [6.07, 6.45) is 2.24. The van der Waals surface area contributed by atoms with E-state index in [0.717, 1.165) is 19.4 Å². The Hall–Kier alpha value is -1.35. The molecule has 0 fully saturated rings. The molecule has 0 heterocycles. The van der Waals surface area contributed by atoms with Gasteiger partial charge in [0, 0.05) is 12.6 Å². The number of hydrogen-bond acceptors (Lipinski definition) is 2. The maximum absolute atomic E-state index is 11.0. The van der Waals surface area contributed by atoms with Crippen molar-refractivity contribution in [3.8, 4) is 0 Å². The molecule has 0 amide bonds. The van der Waals surface area contributed by atoms with Gasteiger partial charge in [-0.15, -0.1) is 0 Å². The summed E-state index contributed by atoms with van der Waals surface area (Å²) in [5.74, 6) is -0.309. The first-order valence-electron chi connectivity index (χ1n) is 7.48. The molecule has 0 saturated carbocycles. The average Bonchev–Trinajstić information content (AvgIpc) is 2.37. The zero-order chi connectivity index (χ0) is 15.1. The molecular weight excluding hydrogens is 250 g/mol. The summed E-state index contributed by atoms with van der Waals surface area (Å²) < 4.78 is 0. The van der Waals surface area contributed by atoms with Crippen LogP contribution >= 0.6 is 0 Å². The topological polar surface area (TPSA) is 40.5 Å². The molecule has 3 heteroatoms. The van der Waals surface area contributed by atoms with Crippen molar-refractivity contribution in [3.05, 3.63) is 35.4 Å². The molecule has 112 valence electrons. The van der Waals surface area contributed by atoms with Crippen molar-refractivity contribution in [2.75, 3.05) is 13.1 Å². The predicted molar refractivity (Wildman–Crippen MR) is 82.9 cm³/mol. The first kappa shape index (κ1) is 16.7. The molecule has 0 radical (unpaired) electrons. The molecule has 0 aliphatic heterocycles. The minimum Gasteiger partial charge on any atom is -0.480 e. The van der Waals surface area contributed by atoms with Crippen LogP contribution in [0.3, 0.4) is 0 Å². The summed E-state index contributed by atoms with van der Waals surface area (Å²) >= 11 is 0. The van der Waals surface area contributed by atoms with Crippen LogP contribution < -0.4 is 0 Å². The SMILES string of the molecule is CCCc1ccc(C(C)N(CC(=O)O)CC(C)C)cc1. The van der Waals surface area contributed by atoms with Crippen LogP contribution in [0.2, 0.25) is 0 Å². The van der Waals surface area contributed by atoms with Gasteiger partial charge in [-0.05, 0) is 30.4 Å². The fourth-order valence-corrected chi connectivity index (χ4v) is 2.46. The van der Waals surface area contributed by atoms with Gasteiger partial charge in [-0.1, -0.05) is 51.5 Å². The molecule has 1 atom stereocenters. The zero-order valence-electron chi connectivity index (χ0n) is 13.1. The molecule has 1 aromatic rings. The molecule has 0 saturated heterocycles. The number of nitrogens with zero attached hydrogens (tertiary/aromatic N) is 1. The molecule has 0 spiro atoms. The number of aliphatic carboxylic acids is 1. The van der Waals surface area contributed by atoms with Gasteiger partial charge >= 0.3 is 5.97 Å². The lowest BCUT2D eigenvalue weighted by Crippen LogP contribution is -2.35. The molecule has 0 bridgehead atoms. The second-order valence-electron chi connectivity index (χ2n) is 5.88. The Balaban J connectivity index is 2.81. The molecular formula is C17H27NO2. The van der Waals surface area contributed by atoms with Crippen molar-refractivity contribution in [2.45, 2.75) is 46.6 Å². The second-order valence-corrected chi connectivity index (χ2v) is 5.88. The van der Waals surface area contributed by atoms with E-state index in [1.54, 1.807) is 0 Å². The first-order valence-corrected chi connectivity index (χ1v) is 7.48. The predicted octanol–water partition coefficient (Wildman–Crippen LogP) is 3.74. The standard InChI is InChI=1S/C17H27NO2/c1-5-6-15-7-9-16(10-8-15)14(4)18(11-13(2)3)12-17(19)20/h7-10,13-14H,5-6,11-12H2,1-4H3,(H,19,20). The highest BCUT2D eigenvalue weighted by Gasteiger charge is 2.19. The van der Waals surface area contributed by atoms with Crippen molar-refractivity contribution in [2.24, 2.45) is 5.92 Å². The maximum atomic E-state index is 11.0. The van der Waals surface area contributed by atoms with Gasteiger partial charge < -0.3 is 5.11 Å². The smallest absolute Gasteiger partial charge is 0.317 e. The second kappa shape index (κ2) is 8.05. The molecule has 0 aromatic heterocycles. The molecule has 1 unspecified atom stereocenters. The number of benzene rings is 1. The molecule has 1 rings (SSSR count). The lowest BCUT2D eigenvalue weighted by molar-refractivity contribution is -0.139. The van der Waals surface area contributed by atoms with E-state index in [2.05, 4.69) is 52.0 Å². The van der Waals surface area contributed by atoms with E-state index >= 15 is 0 Å². The Bertz CT molecular complexity index is 412. The van der Waals surface area contributed by atoms with E-state index < -0.39 is 5.97 Å². The largest absolute Gasteiger partial charge is 0.480 e. The number of aryl methyl sites for hydroxylation is 1. The summed E-state index contributed by atoms with van der Waals surface area (Å²) in [7, 11) is 0. The minimum absolute atomic E-state index is 0.0933. The monoisotopic (exact) mass is 277 g/mol. The lowest BCUT2D eigenvalue weighted by atomic mass is 10.0. The molecule has 1 N–H and O–H groups in total. The lowest BCUT2D eigenvalue weighted by Gasteiger charge is -2.29. The Morgan fingerprint density at radius 1 is 1.20 bits per heavy atom. The van der Waals surface area contributed by atoms with E-state index in [0.29, 0.717) is 5.92 Å². The summed E-state index contributed by atoms with van der Waals surface area (Å²) in [5.41, 5.74) is 2.53. The number of hydrogen-bond donors (Lipinski definition) is 1. The number of carboxylic acid groups (broad SMARTS) is 1. The fraction of sp³-hybridized carbons (Fsp3) is 0.588. The molecule has 0 aliphatic rings. The van der Waals surface area contributed by atoms with Gasteiger partial charge in [0.2, 0.25) is 0 Å². The first-order chi connectivity index (χ1) is 9.43. The zero-order valence-corrected chi connectivity index (χ0v) is 13.1. The van der Waals surface area contributed by atoms with Gasteiger partial charge in [0.05, 0.1) is 6.54 Å². The Morgan fingerprint density at radius 3 is 2.25 bits per heavy atom. The maximum Gasteiger partial charge on any atom is 0.317 e. The quantitative estimate of drug-likeness (QED) is 0.787. The average molecular weight is 277 g/mol. The third-order valence-electron chi connectivity index (χ3n) is 3.49. The van der Waals surface area contributed by atoms with Crippen molar-refractivity contribution in [3.63, 3.8) is 0 Å². The fourth-order valence-electron chi connectivity index (χ4n) is 2.46. The Kier molecular flexibility index (Phi) is 6.73. The van der Waals surface area contributed by atoms with Crippen molar-refractivity contribution < 1.29 is 9.90 Å². The van der Waals surface area contributed by atoms with Crippen LogP contribution in [0.4, 0.5) is 0 Å². The molecule has 3 nitrogen and oxygen atoms in total. The Labute approximate surface area is 122 Å². The van der Waals surface area contributed by atoms with E-state index in [4.69, 9.17) is 5.11 Å². The summed E-state index contributed by atoms with van der Waals surface area (Å²) in [6, 6.07) is 8.70. The van der Waals surface area contributed by atoms with Crippen LogP contribution in [0.25, 0.3) is 0 Å². The van der Waals surface area contributed by atoms with Crippen LogP contribution in [-0.2, 0) is 11.2 Å². The highest BCUT2D eigenvalue weighted by molar-refractivity contribution is 5.69. The highest BCUT2D eigenvalue weighted by Crippen LogP contribution is 2.22. The molecule has 0 aliphatic carbocycles. The Morgan fingerprint density at radius 2 is 1.80 bits per heavy atom. The highest BCUT2D eigenvalue weighted by atomic mass is 16.4. The summed E-state index contributed by atoms with van der Waals surface area (Å²) in [6.45, 7) is 9.38. The van der Waals surface area contributed by atoms with E-state index in [1.807, 2.05) is 4.90 Å². The number of rotatable bonds is 8. The molecule has 1 aromatic carbocycles. The van der Waals surface area contributed by atoms with Crippen LogP contribution in [0, 0.1) is 5.92 Å². The minimum atomic E-state index is -0.764. The summed E-state index contributed by atoms with van der Waals surface area (Å²) in [4.78, 5) is 13.1. The van der Waals surface area contributed by atoms with Crippen LogP contribution in [0.15, 0.2) is 24.3 Å². The molecule has 20 heavy (non-hydrogen) atoms. The van der Waals surface area contributed by atoms with Crippen LogP contribution in [-0.4, -0.2) is 29.1 Å². The van der Waals surface area contributed by atoms with Gasteiger partial charge in [-0.25, -0.2) is 0 Å². The van der Waals surface area contributed by atoms with Crippen LogP contribution in [0.5, 0.6) is 0 Å². The number of carbonyl (C=O) groups is 1. The van der Waals surface area contributed by atoms with Crippen LogP contribution in [0.1, 0.15) is 51.3 Å². The van der Waals surface area contributed by atoms with Crippen molar-refractivity contribution in [1.82, 2.24) is 4.90 Å². The third kappa shape index (κ3) is 5.33. The van der Waals surface area contributed by atoms with Gasteiger partial charge in [0.1, 0.15) is 0 Å². The van der Waals surface area contributed by atoms with Gasteiger partial charge in [-0.3, -0.25) is 9.69 Å². The third-order valence-corrected chi connectivity index (χ3v) is 3.49. The normalized spacial score (nSPS) is 12.9. The van der Waals surface area contributed by atoms with Gasteiger partial charge in [0.15, 0.2) is 0 Å². The van der Waals surface area contributed by atoms with Crippen molar-refractivity contribution in [1.29, 1.82) is 0 Å². The van der Waals surface area contributed by atoms with E-state index in [-0.39, 0.29) is 12.6 Å². The van der Waals surface area contributed by atoms with E-state index in [9.17, 15) is 4.79 Å². The summed E-state index contributed by atoms with van der Waals surface area (Å²) in [5, 5.41) is 9.06.